The first-order chi connectivity index (χ1) is 9.11. The van der Waals surface area contributed by atoms with Gasteiger partial charge >= 0.3 is 0 Å². The summed E-state index contributed by atoms with van der Waals surface area (Å²) in [5.74, 6) is 0.511. The number of carbonyl (C=O) groups excluding carboxylic acids is 1. The Kier molecular flexibility index (Phi) is 3.65. The molecular formula is C12H15N5O2. The van der Waals surface area contributed by atoms with E-state index >= 15 is 0 Å². The quantitative estimate of drug-likeness (QED) is 0.455. The van der Waals surface area contributed by atoms with E-state index in [1.165, 1.54) is 6.21 Å². The van der Waals surface area contributed by atoms with Crippen LogP contribution in [0.15, 0.2) is 28.4 Å². The molecule has 0 atom stereocenters. The zero-order valence-corrected chi connectivity index (χ0v) is 10.5. The number of likely N-dealkylation sites (N-methyl/N-ethyl adjacent to an activating group) is 1. The molecule has 19 heavy (non-hydrogen) atoms. The van der Waals surface area contributed by atoms with Gasteiger partial charge < -0.3 is 21.1 Å². The number of nitrogens with zero attached hydrogens (tertiary/aromatic N) is 3. The maximum absolute atomic E-state index is 11.7. The second kappa shape index (κ2) is 5.38. The monoisotopic (exact) mass is 261 g/mol. The summed E-state index contributed by atoms with van der Waals surface area (Å²) in [5, 5.41) is 7.24. The molecule has 0 spiro atoms. The number of amides is 1. The number of fused-ring (bicyclic) bond motifs is 1. The molecule has 1 aliphatic heterocycles. The normalized spacial score (nSPS) is 14.2. The maximum atomic E-state index is 11.7. The van der Waals surface area contributed by atoms with Gasteiger partial charge in [0, 0.05) is 6.54 Å². The van der Waals surface area contributed by atoms with E-state index in [1.807, 2.05) is 19.1 Å². The van der Waals surface area contributed by atoms with Crippen molar-refractivity contribution in [3.63, 3.8) is 0 Å². The fourth-order valence-electron chi connectivity index (χ4n) is 1.81. The molecule has 0 fully saturated rings. The number of hydrogen-bond acceptors (Lipinski definition) is 4. The highest BCUT2D eigenvalue weighted by Crippen LogP contribution is 2.32. The van der Waals surface area contributed by atoms with Crippen molar-refractivity contribution in [1.82, 2.24) is 0 Å². The highest BCUT2D eigenvalue weighted by Gasteiger charge is 2.23. The zero-order chi connectivity index (χ0) is 13.8. The summed E-state index contributed by atoms with van der Waals surface area (Å²) < 4.78 is 5.36. The van der Waals surface area contributed by atoms with E-state index in [0.29, 0.717) is 12.3 Å². The molecule has 0 aliphatic carbocycles. The Morgan fingerprint density at radius 1 is 1.53 bits per heavy atom. The van der Waals surface area contributed by atoms with Gasteiger partial charge in [-0.25, -0.2) is 0 Å². The van der Waals surface area contributed by atoms with Gasteiger partial charge in [-0.05, 0) is 30.7 Å². The molecule has 4 N–H and O–H groups in total. The molecular weight excluding hydrogens is 246 g/mol. The molecule has 7 nitrogen and oxygen atoms in total. The van der Waals surface area contributed by atoms with Gasteiger partial charge in [-0.2, -0.15) is 5.10 Å². The van der Waals surface area contributed by atoms with Crippen LogP contribution in [0.2, 0.25) is 0 Å². The molecule has 1 aromatic rings. The third-order valence-electron chi connectivity index (χ3n) is 2.62. The van der Waals surface area contributed by atoms with Gasteiger partial charge in [-0.1, -0.05) is 0 Å². The Morgan fingerprint density at radius 2 is 2.32 bits per heavy atom. The number of carbonyl (C=O) groups is 1. The van der Waals surface area contributed by atoms with Crippen molar-refractivity contribution in [2.45, 2.75) is 6.92 Å². The number of rotatable bonds is 3. The first kappa shape index (κ1) is 12.9. The van der Waals surface area contributed by atoms with Crippen molar-refractivity contribution in [3.05, 3.63) is 23.8 Å². The Hall–Kier alpha value is -2.57. The van der Waals surface area contributed by atoms with Crippen LogP contribution in [-0.2, 0) is 4.79 Å². The predicted octanol–water partition coefficient (Wildman–Crippen LogP) is 0.0392. The zero-order valence-electron chi connectivity index (χ0n) is 10.5. The van der Waals surface area contributed by atoms with E-state index in [1.54, 1.807) is 11.0 Å². The number of anilines is 1. The number of hydrogen-bond donors (Lipinski definition) is 2. The highest BCUT2D eigenvalue weighted by atomic mass is 16.5. The van der Waals surface area contributed by atoms with E-state index < -0.39 is 0 Å². The third-order valence-corrected chi connectivity index (χ3v) is 2.62. The summed E-state index contributed by atoms with van der Waals surface area (Å²) in [6.45, 7) is 2.57. The molecule has 1 aliphatic rings. The first-order valence-electron chi connectivity index (χ1n) is 5.81. The molecule has 1 heterocycles. The van der Waals surface area contributed by atoms with Crippen LogP contribution in [0, 0.1) is 0 Å². The van der Waals surface area contributed by atoms with Crippen LogP contribution < -0.4 is 21.1 Å². The maximum Gasteiger partial charge on any atom is 0.265 e. The van der Waals surface area contributed by atoms with Crippen LogP contribution in [0.1, 0.15) is 12.5 Å². The molecule has 0 bridgehead atoms. The summed E-state index contributed by atoms with van der Waals surface area (Å²) in [4.78, 5) is 13.4. The highest BCUT2D eigenvalue weighted by molar-refractivity contribution is 5.99. The van der Waals surface area contributed by atoms with Crippen LogP contribution in [0.4, 0.5) is 5.69 Å². The van der Waals surface area contributed by atoms with Crippen molar-refractivity contribution < 1.29 is 9.53 Å². The van der Waals surface area contributed by atoms with E-state index in [2.05, 4.69) is 10.2 Å². The molecule has 0 radical (unpaired) electrons. The SMILES string of the molecule is CCN1C(=O)COc2ccc(C=NN=C(N)N)cc21. The Balaban J connectivity index is 2.31. The summed E-state index contributed by atoms with van der Waals surface area (Å²) in [6, 6.07) is 5.41. The van der Waals surface area contributed by atoms with Gasteiger partial charge in [-0.15, -0.1) is 5.10 Å². The molecule has 1 aromatic carbocycles. The standard InChI is InChI=1S/C12H15N5O2/c1-2-17-9-5-8(6-15-16-12(13)14)3-4-10(9)19-7-11(17)18/h3-6H,2,7H2,1H3,(H4,13,14,16). The minimum Gasteiger partial charge on any atom is -0.482 e. The Bertz CT molecular complexity index is 549. The molecule has 0 saturated carbocycles. The van der Waals surface area contributed by atoms with Gasteiger partial charge in [0.2, 0.25) is 5.96 Å². The fraction of sp³-hybridized carbons (Fsp3) is 0.250. The summed E-state index contributed by atoms with van der Waals surface area (Å²) in [7, 11) is 0. The van der Waals surface area contributed by atoms with Crippen molar-refractivity contribution >= 4 is 23.8 Å². The van der Waals surface area contributed by atoms with Crippen molar-refractivity contribution in [3.8, 4) is 5.75 Å². The number of guanidine groups is 1. The van der Waals surface area contributed by atoms with E-state index in [4.69, 9.17) is 16.2 Å². The van der Waals surface area contributed by atoms with Crippen molar-refractivity contribution in [2.24, 2.45) is 21.7 Å². The second-order valence-corrected chi connectivity index (χ2v) is 3.92. The lowest BCUT2D eigenvalue weighted by Crippen LogP contribution is -2.38. The largest absolute Gasteiger partial charge is 0.482 e. The van der Waals surface area contributed by atoms with Crippen LogP contribution in [0.25, 0.3) is 0 Å². The summed E-state index contributed by atoms with van der Waals surface area (Å²) >= 11 is 0. The minimum atomic E-state index is -0.108. The number of ether oxygens (including phenoxy) is 1. The second-order valence-electron chi connectivity index (χ2n) is 3.92. The molecule has 2 rings (SSSR count). The topological polar surface area (TPSA) is 106 Å². The first-order valence-corrected chi connectivity index (χ1v) is 5.81. The van der Waals surface area contributed by atoms with Crippen LogP contribution in [0.5, 0.6) is 5.75 Å². The van der Waals surface area contributed by atoms with Crippen LogP contribution in [0.3, 0.4) is 0 Å². The van der Waals surface area contributed by atoms with Gasteiger partial charge in [0.1, 0.15) is 5.75 Å². The van der Waals surface area contributed by atoms with Crippen LogP contribution >= 0.6 is 0 Å². The Labute approximate surface area is 110 Å². The smallest absolute Gasteiger partial charge is 0.265 e. The van der Waals surface area contributed by atoms with E-state index in [-0.39, 0.29) is 18.5 Å². The van der Waals surface area contributed by atoms with Gasteiger partial charge in [-0.3, -0.25) is 4.79 Å². The van der Waals surface area contributed by atoms with E-state index in [0.717, 1.165) is 11.3 Å². The average molecular weight is 261 g/mol. The number of benzene rings is 1. The lowest BCUT2D eigenvalue weighted by molar-refractivity contribution is -0.121. The summed E-state index contributed by atoms with van der Waals surface area (Å²) in [6.07, 6.45) is 1.51. The Morgan fingerprint density at radius 3 is 3.00 bits per heavy atom. The van der Waals surface area contributed by atoms with Crippen LogP contribution in [-0.4, -0.2) is 31.2 Å². The summed E-state index contributed by atoms with van der Waals surface area (Å²) in [5.41, 5.74) is 11.8. The predicted molar refractivity (Wildman–Crippen MR) is 73.4 cm³/mol. The molecule has 0 aromatic heterocycles. The minimum absolute atomic E-state index is 0.0617. The van der Waals surface area contributed by atoms with E-state index in [9.17, 15) is 4.79 Å². The molecule has 7 heteroatoms. The van der Waals surface area contributed by atoms with Gasteiger partial charge in [0.25, 0.3) is 5.91 Å². The van der Waals surface area contributed by atoms with Crippen molar-refractivity contribution in [1.29, 1.82) is 0 Å². The van der Waals surface area contributed by atoms with Gasteiger partial charge in [0.15, 0.2) is 6.61 Å². The molecule has 1 amide bonds. The molecule has 0 unspecified atom stereocenters. The fourth-order valence-corrected chi connectivity index (χ4v) is 1.81. The third kappa shape index (κ3) is 2.82. The number of nitrogens with two attached hydrogens (primary N) is 2. The van der Waals surface area contributed by atoms with Gasteiger partial charge in [0.05, 0.1) is 11.9 Å². The molecule has 0 saturated heterocycles. The average Bonchev–Trinajstić information content (AvgIpc) is 2.38. The lowest BCUT2D eigenvalue weighted by atomic mass is 10.1. The molecule has 100 valence electrons. The van der Waals surface area contributed by atoms with Crippen molar-refractivity contribution in [2.75, 3.05) is 18.1 Å². The lowest BCUT2D eigenvalue weighted by Gasteiger charge is -2.28.